The monoisotopic (exact) mass is 346 g/mol. The molecule has 25 heavy (non-hydrogen) atoms. The Morgan fingerprint density at radius 1 is 1.36 bits per heavy atom. The van der Waals surface area contributed by atoms with E-state index < -0.39 is 5.60 Å². The molecule has 0 atom stereocenters. The van der Waals surface area contributed by atoms with Gasteiger partial charge in [-0.3, -0.25) is 4.79 Å². The summed E-state index contributed by atoms with van der Waals surface area (Å²) in [6.45, 7) is 6.81. The molecule has 0 spiro atoms. The van der Waals surface area contributed by atoms with Gasteiger partial charge in [-0.1, -0.05) is 0 Å². The molecule has 7 nitrogen and oxygen atoms in total. The normalized spacial score (nSPS) is 15.6. The van der Waals surface area contributed by atoms with Gasteiger partial charge in [0.05, 0.1) is 6.07 Å². The molecule has 7 heteroatoms. The minimum atomic E-state index is -0.501. The number of rotatable bonds is 3. The number of likely N-dealkylation sites (tertiary alicyclic amines) is 1. The van der Waals surface area contributed by atoms with E-state index in [9.17, 15) is 9.59 Å². The van der Waals surface area contributed by atoms with E-state index in [1.54, 1.807) is 18.0 Å². The highest BCUT2D eigenvalue weighted by atomic mass is 16.6. The van der Waals surface area contributed by atoms with Crippen molar-refractivity contribution in [1.29, 1.82) is 5.26 Å². The molecule has 0 radical (unpaired) electrons. The fraction of sp³-hybridized carbons (Fsp3) is 0.611. The molecule has 1 aromatic rings. The molecule has 0 saturated carbocycles. The van der Waals surface area contributed by atoms with E-state index in [1.807, 2.05) is 43.7 Å². The summed E-state index contributed by atoms with van der Waals surface area (Å²) >= 11 is 0. The number of amides is 2. The van der Waals surface area contributed by atoms with Crippen LogP contribution in [0.2, 0.25) is 0 Å². The quantitative estimate of drug-likeness (QED) is 0.788. The molecule has 0 bridgehead atoms. The third-order valence-corrected chi connectivity index (χ3v) is 4.16. The van der Waals surface area contributed by atoms with Crippen LogP contribution in [0.5, 0.6) is 0 Å². The Bertz CT molecular complexity index is 661. The van der Waals surface area contributed by atoms with Gasteiger partial charge in [-0.15, -0.1) is 0 Å². The van der Waals surface area contributed by atoms with Gasteiger partial charge in [0.25, 0.3) is 5.91 Å². The maximum Gasteiger partial charge on any atom is 0.410 e. The average Bonchev–Trinajstić information content (AvgIpc) is 3.02. The predicted octanol–water partition coefficient (Wildman–Crippen LogP) is 2.66. The summed E-state index contributed by atoms with van der Waals surface area (Å²) < 4.78 is 7.37. The third kappa shape index (κ3) is 4.75. The molecule has 0 unspecified atom stereocenters. The van der Waals surface area contributed by atoms with E-state index >= 15 is 0 Å². The zero-order chi connectivity index (χ0) is 18.6. The number of aromatic nitrogens is 1. The Hall–Kier alpha value is -2.49. The minimum absolute atomic E-state index is 0.0566. The van der Waals surface area contributed by atoms with Crippen molar-refractivity contribution in [2.24, 2.45) is 0 Å². The van der Waals surface area contributed by atoms with Gasteiger partial charge in [0, 0.05) is 32.4 Å². The molecule has 1 saturated heterocycles. The number of hydrogen-bond donors (Lipinski definition) is 0. The van der Waals surface area contributed by atoms with Crippen LogP contribution < -0.4 is 0 Å². The van der Waals surface area contributed by atoms with Gasteiger partial charge in [0.1, 0.15) is 17.8 Å². The maximum atomic E-state index is 12.5. The van der Waals surface area contributed by atoms with E-state index in [0.29, 0.717) is 18.8 Å². The van der Waals surface area contributed by atoms with Crippen LogP contribution in [0.25, 0.3) is 0 Å². The Labute approximate surface area is 148 Å². The summed E-state index contributed by atoms with van der Waals surface area (Å²) in [5.41, 5.74) is 0.0766. The molecule has 136 valence electrons. The zero-order valence-electron chi connectivity index (χ0n) is 15.4. The first-order valence-electron chi connectivity index (χ1n) is 8.50. The largest absolute Gasteiger partial charge is 0.444 e. The van der Waals surface area contributed by atoms with Crippen molar-refractivity contribution in [3.63, 3.8) is 0 Å². The van der Waals surface area contributed by atoms with Crippen LogP contribution in [0.3, 0.4) is 0 Å². The summed E-state index contributed by atoms with van der Waals surface area (Å²) in [5, 5.41) is 8.76. The van der Waals surface area contributed by atoms with Gasteiger partial charge in [-0.2, -0.15) is 5.26 Å². The first-order chi connectivity index (χ1) is 11.7. The second-order valence-corrected chi connectivity index (χ2v) is 7.32. The second-order valence-electron chi connectivity index (χ2n) is 7.32. The molecule has 1 aliphatic heterocycles. The van der Waals surface area contributed by atoms with Crippen molar-refractivity contribution in [2.45, 2.75) is 45.3 Å². The highest BCUT2D eigenvalue weighted by Gasteiger charge is 2.29. The standard InChI is InChI=1S/C18H26N4O3/c1-18(2,3)25-17(24)21-11-7-14(8-12-21)22-10-5-6-15(22)16(23)20(4)13-9-19/h5-6,10,14H,7-8,11-13H2,1-4H3. The Balaban J connectivity index is 2.00. The fourth-order valence-electron chi connectivity index (χ4n) is 2.92. The summed E-state index contributed by atoms with van der Waals surface area (Å²) in [6, 6.07) is 5.75. The van der Waals surface area contributed by atoms with Gasteiger partial charge >= 0.3 is 6.09 Å². The molecule has 0 aliphatic carbocycles. The number of piperidine rings is 1. The van der Waals surface area contributed by atoms with Gasteiger partial charge in [0.15, 0.2) is 0 Å². The minimum Gasteiger partial charge on any atom is -0.444 e. The van der Waals surface area contributed by atoms with E-state index in [1.165, 1.54) is 4.90 Å². The Morgan fingerprint density at radius 2 is 2.00 bits per heavy atom. The van der Waals surface area contributed by atoms with Gasteiger partial charge in [0.2, 0.25) is 0 Å². The van der Waals surface area contributed by atoms with Crippen LogP contribution in [0.15, 0.2) is 18.3 Å². The molecule has 1 fully saturated rings. The summed E-state index contributed by atoms with van der Waals surface area (Å²) in [5.74, 6) is -0.166. The Kier molecular flexibility index (Phi) is 5.73. The lowest BCUT2D eigenvalue weighted by atomic mass is 10.0. The molecule has 1 aromatic heterocycles. The first kappa shape index (κ1) is 18.8. The first-order valence-corrected chi connectivity index (χ1v) is 8.50. The van der Waals surface area contributed by atoms with Crippen LogP contribution in [-0.2, 0) is 4.74 Å². The lowest BCUT2D eigenvalue weighted by Gasteiger charge is -2.34. The second kappa shape index (κ2) is 7.60. The molecule has 1 aliphatic rings. The van der Waals surface area contributed by atoms with Crippen LogP contribution in [-0.4, -0.2) is 58.7 Å². The highest BCUT2D eigenvalue weighted by Crippen LogP contribution is 2.26. The molecule has 2 heterocycles. The molecule has 2 rings (SSSR count). The van der Waals surface area contributed by atoms with Crippen LogP contribution >= 0.6 is 0 Å². The van der Waals surface area contributed by atoms with E-state index in [2.05, 4.69) is 0 Å². The smallest absolute Gasteiger partial charge is 0.410 e. The van der Waals surface area contributed by atoms with Crippen molar-refractivity contribution >= 4 is 12.0 Å². The molecule has 2 amide bonds. The highest BCUT2D eigenvalue weighted by molar-refractivity contribution is 5.92. The van der Waals surface area contributed by atoms with Crippen LogP contribution in [0.4, 0.5) is 4.79 Å². The van der Waals surface area contributed by atoms with E-state index in [4.69, 9.17) is 10.00 Å². The van der Waals surface area contributed by atoms with E-state index in [-0.39, 0.29) is 24.6 Å². The van der Waals surface area contributed by atoms with Crippen LogP contribution in [0.1, 0.15) is 50.1 Å². The summed E-state index contributed by atoms with van der Waals surface area (Å²) in [6.07, 6.45) is 3.12. The lowest BCUT2D eigenvalue weighted by Crippen LogP contribution is -2.42. The number of carbonyl (C=O) groups is 2. The summed E-state index contributed by atoms with van der Waals surface area (Å²) in [7, 11) is 1.62. The van der Waals surface area contributed by atoms with Crippen LogP contribution in [0, 0.1) is 11.3 Å². The summed E-state index contributed by atoms with van der Waals surface area (Å²) in [4.78, 5) is 27.7. The van der Waals surface area contributed by atoms with E-state index in [0.717, 1.165) is 12.8 Å². The fourth-order valence-corrected chi connectivity index (χ4v) is 2.92. The molecular weight excluding hydrogens is 320 g/mol. The maximum absolute atomic E-state index is 12.5. The predicted molar refractivity (Wildman–Crippen MR) is 93.1 cm³/mol. The lowest BCUT2D eigenvalue weighted by molar-refractivity contribution is 0.0187. The van der Waals surface area contributed by atoms with Crippen molar-refractivity contribution in [3.8, 4) is 6.07 Å². The topological polar surface area (TPSA) is 78.6 Å². The number of carbonyl (C=O) groups excluding carboxylic acids is 2. The third-order valence-electron chi connectivity index (χ3n) is 4.16. The Morgan fingerprint density at radius 3 is 2.56 bits per heavy atom. The molecule has 0 N–H and O–H groups in total. The van der Waals surface area contributed by atoms with Gasteiger partial charge in [-0.25, -0.2) is 4.79 Å². The van der Waals surface area contributed by atoms with Crippen molar-refractivity contribution < 1.29 is 14.3 Å². The number of hydrogen-bond acceptors (Lipinski definition) is 4. The number of nitriles is 1. The van der Waals surface area contributed by atoms with Crippen molar-refractivity contribution in [3.05, 3.63) is 24.0 Å². The van der Waals surface area contributed by atoms with Crippen molar-refractivity contribution in [2.75, 3.05) is 26.7 Å². The van der Waals surface area contributed by atoms with Gasteiger partial charge < -0.3 is 19.1 Å². The molecule has 0 aromatic carbocycles. The molecular formula is C18H26N4O3. The SMILES string of the molecule is CN(CC#N)C(=O)c1cccn1C1CCN(C(=O)OC(C)(C)C)CC1. The number of nitrogens with zero attached hydrogens (tertiary/aromatic N) is 4. The van der Waals surface area contributed by atoms with Gasteiger partial charge in [-0.05, 0) is 45.7 Å². The average molecular weight is 346 g/mol. The number of ether oxygens (including phenoxy) is 1. The zero-order valence-corrected chi connectivity index (χ0v) is 15.4. The van der Waals surface area contributed by atoms with Crippen molar-refractivity contribution in [1.82, 2.24) is 14.4 Å².